The second kappa shape index (κ2) is 6.36. The van der Waals surface area contributed by atoms with Gasteiger partial charge in [-0.05, 0) is 6.04 Å². The predicted molar refractivity (Wildman–Crippen MR) is 26.0 cm³/mol. The zero-order valence-corrected chi connectivity index (χ0v) is 10.1. The van der Waals surface area contributed by atoms with Gasteiger partial charge >= 0.3 is 58.2 Å². The van der Waals surface area contributed by atoms with E-state index in [-0.39, 0.29) is 58.2 Å². The van der Waals surface area contributed by atoms with Gasteiger partial charge in [-0.2, -0.15) is 0 Å². The average Bonchev–Trinajstić information content (AvgIpc) is 1.65. The first-order valence-corrected chi connectivity index (χ1v) is 2.12. The minimum atomic E-state index is -1.04. The molecule has 4 heteroatoms. The molecule has 0 aliphatic carbocycles. The summed E-state index contributed by atoms with van der Waals surface area (Å²) in [6.07, 6.45) is 0.384. The van der Waals surface area contributed by atoms with E-state index in [2.05, 4.69) is 0 Å². The maximum atomic E-state index is 9.74. The molecule has 0 aromatic rings. The van der Waals surface area contributed by atoms with Crippen molar-refractivity contribution in [1.29, 1.82) is 0 Å². The van der Waals surface area contributed by atoms with Crippen LogP contribution in [0.15, 0.2) is 0 Å². The molecule has 1 atom stereocenters. The number of hydrogen-bond donors (Lipinski definition) is 1. The molecule has 42 valence electrons. The summed E-state index contributed by atoms with van der Waals surface area (Å²) in [5, 5.41) is 7.99. The van der Waals surface area contributed by atoms with Crippen LogP contribution in [0.2, 0.25) is 0 Å². The Labute approximate surface area is 97.4 Å². The molecule has 0 aliphatic heterocycles. The van der Waals surface area contributed by atoms with E-state index in [0.29, 0.717) is 6.42 Å². The number of hydrogen-bond acceptors (Lipinski definition) is 1. The van der Waals surface area contributed by atoms with Crippen molar-refractivity contribution in [1.82, 2.24) is 0 Å². The van der Waals surface area contributed by atoms with Gasteiger partial charge in [0.05, 0.1) is 0 Å². The van der Waals surface area contributed by atoms with Crippen LogP contribution in [-0.4, -0.2) is 17.1 Å². The average molecular weight is 188 g/mol. The molecule has 0 saturated carbocycles. The topological polar surface area (TPSA) is 61.1 Å². The van der Waals surface area contributed by atoms with Gasteiger partial charge < -0.3 is 10.8 Å². The van der Waals surface area contributed by atoms with Gasteiger partial charge in [-0.1, -0.05) is 13.3 Å². The molecular formula is C4H8NO2Rb. The first-order chi connectivity index (χ1) is 3.18. The molecule has 3 nitrogen and oxygen atoms in total. The molecule has 0 bridgehead atoms. The molecule has 0 radical (unpaired) electrons. The van der Waals surface area contributed by atoms with Crippen LogP contribution in [0.25, 0.3) is 5.73 Å². The standard InChI is InChI=1S/C4H8NO2.Rb/c1-2-3(5)4(6)7;/h3,5H,2H2,1H3,(H,6,7);/q-1;+1. The van der Waals surface area contributed by atoms with Crippen molar-refractivity contribution >= 4 is 5.97 Å². The van der Waals surface area contributed by atoms with Crippen molar-refractivity contribution in [3.8, 4) is 0 Å². The molecule has 0 aliphatic rings. The predicted octanol–water partition coefficient (Wildman–Crippen LogP) is -2.09. The third-order valence-corrected chi connectivity index (χ3v) is 0.706. The van der Waals surface area contributed by atoms with Crippen molar-refractivity contribution in [3.05, 3.63) is 5.73 Å². The molecule has 0 aromatic heterocycles. The molecule has 0 heterocycles. The van der Waals surface area contributed by atoms with Crippen LogP contribution in [0, 0.1) is 0 Å². The van der Waals surface area contributed by atoms with E-state index in [1.165, 1.54) is 0 Å². The van der Waals surface area contributed by atoms with E-state index >= 15 is 0 Å². The van der Waals surface area contributed by atoms with Crippen molar-refractivity contribution in [3.63, 3.8) is 0 Å². The fourth-order valence-corrected chi connectivity index (χ4v) is 0.175. The summed E-state index contributed by atoms with van der Waals surface area (Å²) in [6, 6.07) is -0.931. The molecule has 2 N–H and O–H groups in total. The molecular weight excluding hydrogens is 180 g/mol. The van der Waals surface area contributed by atoms with E-state index in [0.717, 1.165) is 0 Å². The zero-order chi connectivity index (χ0) is 5.86. The van der Waals surface area contributed by atoms with E-state index in [1.807, 2.05) is 0 Å². The molecule has 1 unspecified atom stereocenters. The van der Waals surface area contributed by atoms with Crippen LogP contribution in [0.3, 0.4) is 0 Å². The van der Waals surface area contributed by atoms with Gasteiger partial charge in [0, 0.05) is 0 Å². The first kappa shape index (κ1) is 12.0. The Morgan fingerprint density at radius 1 is 1.88 bits per heavy atom. The Balaban J connectivity index is 0. The number of nitrogens with one attached hydrogen (secondary N) is 1. The Morgan fingerprint density at radius 2 is 2.25 bits per heavy atom. The second-order valence-electron chi connectivity index (χ2n) is 1.30. The minimum absolute atomic E-state index is 0. The van der Waals surface area contributed by atoms with Crippen LogP contribution in [-0.2, 0) is 4.79 Å². The monoisotopic (exact) mass is 187 g/mol. The maximum absolute atomic E-state index is 9.74. The fourth-order valence-electron chi connectivity index (χ4n) is 0.175. The molecule has 0 amide bonds. The largest absolute Gasteiger partial charge is 1.00 e. The van der Waals surface area contributed by atoms with Crippen LogP contribution in [0.4, 0.5) is 0 Å². The van der Waals surface area contributed by atoms with Crippen molar-refractivity contribution in [2.45, 2.75) is 19.4 Å². The SMILES string of the molecule is CCC([NH-])C(=O)O.[Rb+]. The van der Waals surface area contributed by atoms with Crippen LogP contribution in [0.5, 0.6) is 0 Å². The number of carboxylic acid groups (broad SMARTS) is 1. The van der Waals surface area contributed by atoms with E-state index in [4.69, 9.17) is 10.8 Å². The number of aliphatic carboxylic acids is 1. The van der Waals surface area contributed by atoms with Crippen molar-refractivity contribution in [2.24, 2.45) is 0 Å². The molecule has 0 aromatic carbocycles. The van der Waals surface area contributed by atoms with Gasteiger partial charge in [0.15, 0.2) is 0 Å². The van der Waals surface area contributed by atoms with Gasteiger partial charge in [-0.3, -0.25) is 4.79 Å². The zero-order valence-electron chi connectivity index (χ0n) is 5.14. The van der Waals surface area contributed by atoms with Gasteiger partial charge in [0.2, 0.25) is 0 Å². The van der Waals surface area contributed by atoms with Gasteiger partial charge in [0.25, 0.3) is 5.97 Å². The Kier molecular flexibility index (Phi) is 9.51. The molecule has 0 saturated heterocycles. The summed E-state index contributed by atoms with van der Waals surface area (Å²) >= 11 is 0. The number of rotatable bonds is 2. The summed E-state index contributed by atoms with van der Waals surface area (Å²) in [4.78, 5) is 9.74. The van der Waals surface area contributed by atoms with E-state index in [9.17, 15) is 4.79 Å². The van der Waals surface area contributed by atoms with Crippen molar-refractivity contribution in [2.75, 3.05) is 0 Å². The fraction of sp³-hybridized carbons (Fsp3) is 0.750. The minimum Gasteiger partial charge on any atom is -0.665 e. The molecule has 8 heavy (non-hydrogen) atoms. The second-order valence-corrected chi connectivity index (χ2v) is 1.30. The molecule has 0 fully saturated rings. The Bertz CT molecular complexity index is 76.4. The summed E-state index contributed by atoms with van der Waals surface area (Å²) in [6.45, 7) is 1.67. The van der Waals surface area contributed by atoms with Gasteiger partial charge in [0.1, 0.15) is 0 Å². The van der Waals surface area contributed by atoms with Gasteiger partial charge in [-0.15, -0.1) is 0 Å². The molecule has 0 rings (SSSR count). The van der Waals surface area contributed by atoms with Gasteiger partial charge in [-0.25, -0.2) is 0 Å². The van der Waals surface area contributed by atoms with Crippen molar-refractivity contribution < 1.29 is 68.1 Å². The Hall–Kier alpha value is 1.24. The smallest absolute Gasteiger partial charge is 0.665 e. The molecule has 0 spiro atoms. The summed E-state index contributed by atoms with van der Waals surface area (Å²) in [5.41, 5.74) is 6.68. The normalized spacial score (nSPS) is 11.8. The summed E-state index contributed by atoms with van der Waals surface area (Å²) < 4.78 is 0. The Morgan fingerprint density at radius 3 is 2.25 bits per heavy atom. The van der Waals surface area contributed by atoms with Crippen LogP contribution < -0.4 is 58.2 Å². The maximum Gasteiger partial charge on any atom is 1.00 e. The van der Waals surface area contributed by atoms with Crippen LogP contribution in [0.1, 0.15) is 13.3 Å². The third kappa shape index (κ3) is 5.37. The quantitative estimate of drug-likeness (QED) is 0.539. The number of carboxylic acids is 1. The summed E-state index contributed by atoms with van der Waals surface area (Å²) in [7, 11) is 0. The third-order valence-electron chi connectivity index (χ3n) is 0.706. The first-order valence-electron chi connectivity index (χ1n) is 2.12. The number of carbonyl (C=O) groups is 1. The summed E-state index contributed by atoms with van der Waals surface area (Å²) in [5.74, 6) is -1.04. The van der Waals surface area contributed by atoms with E-state index < -0.39 is 12.0 Å². The van der Waals surface area contributed by atoms with E-state index in [1.54, 1.807) is 6.92 Å². The van der Waals surface area contributed by atoms with Crippen LogP contribution >= 0.6 is 0 Å².